The number of anilines is 1. The van der Waals surface area contributed by atoms with Crippen LogP contribution >= 0.6 is 0 Å². The number of benzene rings is 1. The lowest BCUT2D eigenvalue weighted by atomic mass is 9.98. The second-order valence-electron chi connectivity index (χ2n) is 8.35. The summed E-state index contributed by atoms with van der Waals surface area (Å²) in [6.07, 6.45) is 1.30. The zero-order valence-corrected chi connectivity index (χ0v) is 19.9. The maximum absolute atomic E-state index is 13.1. The monoisotopic (exact) mass is 495 g/mol. The molecule has 1 atom stereocenters. The van der Waals surface area contributed by atoms with Gasteiger partial charge in [-0.15, -0.1) is 0 Å². The number of ether oxygens (including phenoxy) is 3. The van der Waals surface area contributed by atoms with E-state index in [4.69, 9.17) is 14.2 Å². The Morgan fingerprint density at radius 2 is 1.94 bits per heavy atom. The molecule has 0 aliphatic carbocycles. The molecular formula is C22H29N3O8S. The summed E-state index contributed by atoms with van der Waals surface area (Å²) in [6.45, 7) is 3.31. The number of carbonyl (C=O) groups is 3. The number of morpholine rings is 1. The van der Waals surface area contributed by atoms with Gasteiger partial charge >= 0.3 is 5.97 Å². The molecule has 0 aromatic heterocycles. The molecule has 0 saturated carbocycles. The van der Waals surface area contributed by atoms with Crippen molar-refractivity contribution in [1.82, 2.24) is 9.21 Å². The molecule has 3 aliphatic heterocycles. The fourth-order valence-electron chi connectivity index (χ4n) is 4.34. The quantitative estimate of drug-likeness (QED) is 0.514. The summed E-state index contributed by atoms with van der Waals surface area (Å²) in [7, 11) is -3.79. The lowest BCUT2D eigenvalue weighted by Gasteiger charge is -2.35. The zero-order chi connectivity index (χ0) is 24.3. The average molecular weight is 496 g/mol. The second kappa shape index (κ2) is 10.3. The van der Waals surface area contributed by atoms with Crippen molar-refractivity contribution < 1.29 is 37.0 Å². The Morgan fingerprint density at radius 3 is 2.68 bits per heavy atom. The number of hydrogen-bond donors (Lipinski definition) is 0. The number of rotatable bonds is 6. The number of hydrogen-bond acceptors (Lipinski definition) is 8. The van der Waals surface area contributed by atoms with Gasteiger partial charge < -0.3 is 19.1 Å². The highest BCUT2D eigenvalue weighted by Gasteiger charge is 2.34. The van der Waals surface area contributed by atoms with Crippen LogP contribution in [0.15, 0.2) is 23.1 Å². The van der Waals surface area contributed by atoms with Crippen molar-refractivity contribution in [3.8, 4) is 5.75 Å². The first-order chi connectivity index (χ1) is 16.3. The third-order valence-corrected chi connectivity index (χ3v) is 8.06. The van der Waals surface area contributed by atoms with Crippen molar-refractivity contribution in [2.45, 2.75) is 24.7 Å². The zero-order valence-electron chi connectivity index (χ0n) is 19.1. The predicted octanol–water partition coefficient (Wildman–Crippen LogP) is 0.235. The highest BCUT2D eigenvalue weighted by Crippen LogP contribution is 2.35. The van der Waals surface area contributed by atoms with Crippen molar-refractivity contribution in [1.29, 1.82) is 0 Å². The van der Waals surface area contributed by atoms with Gasteiger partial charge in [0.25, 0.3) is 5.91 Å². The van der Waals surface area contributed by atoms with Gasteiger partial charge in [-0.25, -0.2) is 8.42 Å². The van der Waals surface area contributed by atoms with Crippen LogP contribution in [-0.4, -0.2) is 94.6 Å². The Hall–Kier alpha value is -2.70. The molecule has 1 aromatic rings. The Morgan fingerprint density at radius 1 is 1.18 bits per heavy atom. The largest absolute Gasteiger partial charge is 0.482 e. The molecule has 3 aliphatic rings. The van der Waals surface area contributed by atoms with Crippen LogP contribution < -0.4 is 9.64 Å². The van der Waals surface area contributed by atoms with Gasteiger partial charge in [0.1, 0.15) is 12.3 Å². The number of nitrogens with zero attached hydrogens (tertiary/aromatic N) is 3. The fourth-order valence-corrected chi connectivity index (χ4v) is 5.77. The molecule has 2 saturated heterocycles. The minimum atomic E-state index is -3.79. The van der Waals surface area contributed by atoms with Gasteiger partial charge in [-0.05, 0) is 38.0 Å². The van der Waals surface area contributed by atoms with E-state index in [2.05, 4.69) is 0 Å². The number of fused-ring (bicyclic) bond motifs is 1. The molecule has 11 nitrogen and oxygen atoms in total. The van der Waals surface area contributed by atoms with Gasteiger partial charge in [0.15, 0.2) is 6.61 Å². The van der Waals surface area contributed by atoms with Gasteiger partial charge in [-0.1, -0.05) is 0 Å². The first-order valence-electron chi connectivity index (χ1n) is 11.4. The molecule has 0 bridgehead atoms. The summed E-state index contributed by atoms with van der Waals surface area (Å²) in [5, 5.41) is 0. The van der Waals surface area contributed by atoms with Crippen LogP contribution in [0.2, 0.25) is 0 Å². The number of sulfonamides is 1. The van der Waals surface area contributed by atoms with E-state index in [1.807, 2.05) is 0 Å². The minimum absolute atomic E-state index is 0.0178. The molecule has 4 rings (SSSR count). The SMILES string of the molecule is CCOC(=O)[C@@H]1CCCN(C(=O)CN2C(=O)COc3ccc(S(=O)(=O)N4CCOCC4)cc32)C1. The topological polar surface area (TPSA) is 123 Å². The summed E-state index contributed by atoms with van der Waals surface area (Å²) in [6, 6.07) is 4.32. The van der Waals surface area contributed by atoms with Gasteiger partial charge in [0.2, 0.25) is 15.9 Å². The lowest BCUT2D eigenvalue weighted by Crippen LogP contribution is -2.50. The lowest BCUT2D eigenvalue weighted by molar-refractivity contribution is -0.151. The molecule has 34 heavy (non-hydrogen) atoms. The maximum Gasteiger partial charge on any atom is 0.310 e. The summed E-state index contributed by atoms with van der Waals surface area (Å²) >= 11 is 0. The average Bonchev–Trinajstić information content (AvgIpc) is 2.86. The van der Waals surface area contributed by atoms with Crippen LogP contribution in [0.4, 0.5) is 5.69 Å². The van der Waals surface area contributed by atoms with Crippen LogP contribution in [0, 0.1) is 5.92 Å². The molecule has 0 N–H and O–H groups in total. The number of esters is 1. The Kier molecular flexibility index (Phi) is 7.39. The van der Waals surface area contributed by atoms with E-state index >= 15 is 0 Å². The highest BCUT2D eigenvalue weighted by molar-refractivity contribution is 7.89. The molecule has 2 amide bonds. The molecule has 0 radical (unpaired) electrons. The van der Waals surface area contributed by atoms with Crippen molar-refractivity contribution in [2.24, 2.45) is 5.92 Å². The second-order valence-corrected chi connectivity index (χ2v) is 10.3. The van der Waals surface area contributed by atoms with Crippen molar-refractivity contribution in [2.75, 3.05) is 64.1 Å². The predicted molar refractivity (Wildman–Crippen MR) is 120 cm³/mol. The molecule has 0 spiro atoms. The van der Waals surface area contributed by atoms with Crippen molar-refractivity contribution in [3.63, 3.8) is 0 Å². The molecule has 1 aromatic carbocycles. The first-order valence-corrected chi connectivity index (χ1v) is 12.8. The summed E-state index contributed by atoms with van der Waals surface area (Å²) in [4.78, 5) is 40.7. The molecule has 12 heteroatoms. The standard InChI is InChI=1S/C22H29N3O8S/c1-2-32-22(28)16-4-3-7-23(13-16)20(26)14-25-18-12-17(5-6-19(18)33-15-21(25)27)34(29,30)24-8-10-31-11-9-24/h5-6,12,16H,2-4,7-11,13-15H2,1H3/t16-/m1/s1. The maximum atomic E-state index is 13.1. The smallest absolute Gasteiger partial charge is 0.310 e. The number of piperidine rings is 1. The van der Waals surface area contributed by atoms with Gasteiger partial charge in [-0.2, -0.15) is 4.31 Å². The van der Waals surface area contributed by atoms with Crippen LogP contribution in [0.5, 0.6) is 5.75 Å². The van der Waals surface area contributed by atoms with Crippen LogP contribution in [0.3, 0.4) is 0 Å². The molecule has 0 unspecified atom stereocenters. The van der Waals surface area contributed by atoms with E-state index in [0.29, 0.717) is 38.3 Å². The molecule has 2 fully saturated rings. The molecular weight excluding hydrogens is 466 g/mol. The highest BCUT2D eigenvalue weighted by atomic mass is 32.2. The minimum Gasteiger partial charge on any atom is -0.482 e. The van der Waals surface area contributed by atoms with Crippen LogP contribution in [-0.2, 0) is 33.9 Å². The Bertz CT molecular complexity index is 1050. The van der Waals surface area contributed by atoms with E-state index in [-0.39, 0.29) is 61.9 Å². The summed E-state index contributed by atoms with van der Waals surface area (Å²) in [5.74, 6) is -1.16. The molecule has 186 valence electrons. The van der Waals surface area contributed by atoms with E-state index < -0.39 is 21.8 Å². The number of amides is 2. The number of likely N-dealkylation sites (tertiary alicyclic amines) is 1. The Balaban J connectivity index is 1.53. The van der Waals surface area contributed by atoms with E-state index in [0.717, 1.165) is 0 Å². The summed E-state index contributed by atoms with van der Waals surface area (Å²) in [5.41, 5.74) is 0.234. The van der Waals surface area contributed by atoms with Crippen molar-refractivity contribution >= 4 is 33.5 Å². The fraction of sp³-hybridized carbons (Fsp3) is 0.591. The van der Waals surface area contributed by atoms with E-state index in [9.17, 15) is 22.8 Å². The van der Waals surface area contributed by atoms with E-state index in [1.54, 1.807) is 11.8 Å². The Labute approximate surface area is 198 Å². The van der Waals surface area contributed by atoms with Crippen LogP contribution in [0.1, 0.15) is 19.8 Å². The van der Waals surface area contributed by atoms with Gasteiger partial charge in [-0.3, -0.25) is 19.3 Å². The third kappa shape index (κ3) is 5.03. The van der Waals surface area contributed by atoms with Gasteiger partial charge in [0, 0.05) is 26.2 Å². The summed E-state index contributed by atoms with van der Waals surface area (Å²) < 4.78 is 43.3. The van der Waals surface area contributed by atoms with Crippen LogP contribution in [0.25, 0.3) is 0 Å². The normalized spacial score (nSPS) is 21.6. The number of carbonyl (C=O) groups excluding carboxylic acids is 3. The first kappa shape index (κ1) is 24.4. The van der Waals surface area contributed by atoms with E-state index in [1.165, 1.54) is 27.4 Å². The third-order valence-electron chi connectivity index (χ3n) is 6.17. The van der Waals surface area contributed by atoms with Gasteiger partial charge in [0.05, 0.1) is 36.3 Å². The van der Waals surface area contributed by atoms with Crippen molar-refractivity contribution in [3.05, 3.63) is 18.2 Å². The molecule has 3 heterocycles.